The number of carbonyl (C=O) groups is 4. The summed E-state index contributed by atoms with van der Waals surface area (Å²) in [4.78, 5) is 54.0. The molecule has 3 aromatic rings. The Morgan fingerprint density at radius 2 is 1.57 bits per heavy atom. The summed E-state index contributed by atoms with van der Waals surface area (Å²) in [5.41, 5.74) is 7.71. The molecule has 214 valence electrons. The third kappa shape index (κ3) is 7.97. The summed E-state index contributed by atoms with van der Waals surface area (Å²) in [5, 5.41) is 37.7. The Bertz CT molecular complexity index is 1340. The van der Waals surface area contributed by atoms with E-state index in [9.17, 15) is 34.5 Å². The first-order chi connectivity index (χ1) is 19.0. The Morgan fingerprint density at radius 1 is 0.925 bits per heavy atom. The normalized spacial score (nSPS) is 14.9. The van der Waals surface area contributed by atoms with Crippen molar-refractivity contribution < 1.29 is 34.5 Å². The van der Waals surface area contributed by atoms with Crippen LogP contribution in [0.5, 0.6) is 5.75 Å². The van der Waals surface area contributed by atoms with Crippen LogP contribution >= 0.6 is 12.6 Å². The van der Waals surface area contributed by atoms with Crippen molar-refractivity contribution in [2.75, 3.05) is 5.75 Å². The summed E-state index contributed by atoms with van der Waals surface area (Å²) in [6.07, 6.45) is 0.239. The number of phenolic OH excluding ortho intramolecular Hbond substituents is 1. The minimum atomic E-state index is -1.44. The molecule has 0 fully saturated rings. The molecule has 0 aliphatic rings. The van der Waals surface area contributed by atoms with Gasteiger partial charge in [0.1, 0.15) is 23.9 Å². The zero-order valence-corrected chi connectivity index (χ0v) is 22.6. The number of fused-ring (bicyclic) bond motifs is 1. The highest BCUT2D eigenvalue weighted by Gasteiger charge is 2.33. The Kier molecular flexibility index (Phi) is 10.5. The van der Waals surface area contributed by atoms with Gasteiger partial charge in [-0.1, -0.05) is 30.3 Å². The molecule has 0 aliphatic heterocycles. The fraction of sp³-hybridized carbons (Fsp3) is 0.333. The number of nitrogens with two attached hydrogens (primary N) is 1. The van der Waals surface area contributed by atoms with Crippen molar-refractivity contribution in [2.45, 2.75) is 50.0 Å². The Labute approximate surface area is 235 Å². The highest BCUT2D eigenvalue weighted by Crippen LogP contribution is 2.19. The van der Waals surface area contributed by atoms with Gasteiger partial charge in [-0.3, -0.25) is 14.4 Å². The summed E-state index contributed by atoms with van der Waals surface area (Å²) in [6, 6.07) is 8.11. The average molecular weight is 572 g/mol. The van der Waals surface area contributed by atoms with Crippen LogP contribution in [0.2, 0.25) is 0 Å². The number of aliphatic hydroxyl groups excluding tert-OH is 1. The van der Waals surface area contributed by atoms with Gasteiger partial charge >= 0.3 is 5.97 Å². The number of rotatable bonds is 13. The Hall–Kier alpha value is -4.07. The van der Waals surface area contributed by atoms with Crippen LogP contribution in [0.3, 0.4) is 0 Å². The summed E-state index contributed by atoms with van der Waals surface area (Å²) in [6.45, 7) is 1.30. The Morgan fingerprint density at radius 3 is 2.20 bits per heavy atom. The molecule has 0 bridgehead atoms. The third-order valence-corrected chi connectivity index (χ3v) is 6.71. The number of aromatic hydroxyl groups is 1. The van der Waals surface area contributed by atoms with Gasteiger partial charge in [0.05, 0.1) is 12.1 Å². The monoisotopic (exact) mass is 571 g/mol. The van der Waals surface area contributed by atoms with Crippen molar-refractivity contribution in [1.29, 1.82) is 0 Å². The second-order valence-corrected chi connectivity index (χ2v) is 9.78. The van der Waals surface area contributed by atoms with Crippen LogP contribution < -0.4 is 21.7 Å². The highest BCUT2D eigenvalue weighted by molar-refractivity contribution is 7.80. The standard InChI is InChI=1S/C27H33N5O7S/c1-14(33)23(32-24(35)19(28)13-40)26(37)30-21(11-16-12-29-20-5-3-2-4-18(16)20)25(36)31-22(27(38)39)10-15-6-8-17(34)9-7-15/h2-9,12,14,19,21-23,29,33-34,40H,10-11,13,28H2,1H3,(H,30,37)(H,31,36)(H,32,35)(H,38,39). The van der Waals surface area contributed by atoms with E-state index in [2.05, 4.69) is 33.6 Å². The molecule has 1 aromatic heterocycles. The molecule has 0 saturated heterocycles. The number of hydrogen-bond donors (Lipinski definition) is 9. The molecule has 9 N–H and O–H groups in total. The number of carbonyl (C=O) groups excluding carboxylic acids is 3. The maximum Gasteiger partial charge on any atom is 0.326 e. The topological polar surface area (TPSA) is 207 Å². The molecule has 3 amide bonds. The van der Waals surface area contributed by atoms with Gasteiger partial charge in [-0.05, 0) is 36.2 Å². The van der Waals surface area contributed by atoms with Crippen molar-refractivity contribution in [1.82, 2.24) is 20.9 Å². The van der Waals surface area contributed by atoms with Crippen LogP contribution in [0.25, 0.3) is 10.9 Å². The lowest BCUT2D eigenvalue weighted by Gasteiger charge is -2.26. The van der Waals surface area contributed by atoms with E-state index in [4.69, 9.17) is 5.73 Å². The minimum Gasteiger partial charge on any atom is -0.508 e. The predicted molar refractivity (Wildman–Crippen MR) is 151 cm³/mol. The minimum absolute atomic E-state index is 0.00316. The zero-order valence-electron chi connectivity index (χ0n) is 21.7. The second-order valence-electron chi connectivity index (χ2n) is 9.41. The molecular weight excluding hydrogens is 538 g/mol. The van der Waals surface area contributed by atoms with Crippen molar-refractivity contribution in [3.8, 4) is 5.75 Å². The smallest absolute Gasteiger partial charge is 0.326 e. The van der Waals surface area contributed by atoms with Crippen molar-refractivity contribution in [3.63, 3.8) is 0 Å². The van der Waals surface area contributed by atoms with Crippen LogP contribution in [0.4, 0.5) is 0 Å². The van der Waals surface area contributed by atoms with E-state index >= 15 is 0 Å². The van der Waals surface area contributed by atoms with E-state index in [-0.39, 0.29) is 24.3 Å². The number of carboxylic acids is 1. The van der Waals surface area contributed by atoms with Gasteiger partial charge < -0.3 is 42.0 Å². The van der Waals surface area contributed by atoms with Gasteiger partial charge in [0, 0.05) is 35.7 Å². The molecule has 3 rings (SSSR count). The van der Waals surface area contributed by atoms with Gasteiger partial charge in [-0.2, -0.15) is 12.6 Å². The lowest BCUT2D eigenvalue weighted by molar-refractivity contribution is -0.142. The van der Waals surface area contributed by atoms with Crippen molar-refractivity contribution >= 4 is 47.2 Å². The van der Waals surface area contributed by atoms with E-state index in [1.54, 1.807) is 6.20 Å². The number of aromatic amines is 1. The number of benzene rings is 2. The largest absolute Gasteiger partial charge is 0.508 e. The fourth-order valence-corrected chi connectivity index (χ4v) is 4.25. The molecule has 0 spiro atoms. The number of thiol groups is 1. The van der Waals surface area contributed by atoms with Crippen molar-refractivity contribution in [2.24, 2.45) is 5.73 Å². The molecule has 0 aliphatic carbocycles. The van der Waals surface area contributed by atoms with E-state index in [1.807, 2.05) is 24.3 Å². The summed E-state index contributed by atoms with van der Waals surface area (Å²) < 4.78 is 0. The van der Waals surface area contributed by atoms with Crippen molar-refractivity contribution in [3.05, 3.63) is 65.9 Å². The molecule has 2 aromatic carbocycles. The summed E-state index contributed by atoms with van der Waals surface area (Å²) in [5.74, 6) is -3.64. The molecule has 0 saturated carbocycles. The second kappa shape index (κ2) is 13.8. The lowest BCUT2D eigenvalue weighted by Crippen LogP contribution is -2.60. The van der Waals surface area contributed by atoms with Gasteiger partial charge in [0.2, 0.25) is 17.7 Å². The molecule has 5 unspecified atom stereocenters. The molecule has 40 heavy (non-hydrogen) atoms. The number of aliphatic hydroxyl groups is 1. The molecule has 0 radical (unpaired) electrons. The quantitative estimate of drug-likeness (QED) is 0.126. The molecule has 1 heterocycles. The molecule has 13 heteroatoms. The molecular formula is C27H33N5O7S. The number of nitrogens with one attached hydrogen (secondary N) is 4. The van der Waals surface area contributed by atoms with Crippen LogP contribution in [-0.4, -0.2) is 80.0 Å². The van der Waals surface area contributed by atoms with E-state index in [1.165, 1.54) is 31.2 Å². The van der Waals surface area contributed by atoms with Gasteiger partial charge in [0.15, 0.2) is 0 Å². The number of phenols is 1. The van der Waals surface area contributed by atoms with Gasteiger partial charge in [-0.15, -0.1) is 0 Å². The van der Waals surface area contributed by atoms with Gasteiger partial charge in [0.25, 0.3) is 0 Å². The number of aromatic nitrogens is 1. The maximum absolute atomic E-state index is 13.5. The van der Waals surface area contributed by atoms with Crippen LogP contribution in [0.1, 0.15) is 18.1 Å². The zero-order chi connectivity index (χ0) is 29.4. The number of H-pyrrole nitrogens is 1. The first-order valence-corrected chi connectivity index (χ1v) is 13.1. The van der Waals surface area contributed by atoms with E-state index in [0.717, 1.165) is 10.9 Å². The number of carboxylic acid groups (broad SMARTS) is 1. The number of para-hydroxylation sites is 1. The highest BCUT2D eigenvalue weighted by atomic mass is 32.1. The van der Waals surface area contributed by atoms with Crippen LogP contribution in [0, 0.1) is 0 Å². The fourth-order valence-electron chi connectivity index (χ4n) is 4.08. The van der Waals surface area contributed by atoms with Crippen LogP contribution in [-0.2, 0) is 32.0 Å². The number of hydrogen-bond acceptors (Lipinski definition) is 8. The first-order valence-electron chi connectivity index (χ1n) is 12.5. The maximum atomic E-state index is 13.5. The predicted octanol–water partition coefficient (Wildman–Crippen LogP) is -0.164. The van der Waals surface area contributed by atoms with E-state index < -0.39 is 54.0 Å². The summed E-state index contributed by atoms with van der Waals surface area (Å²) in [7, 11) is 0. The van der Waals surface area contributed by atoms with Gasteiger partial charge in [-0.25, -0.2) is 4.79 Å². The molecule has 12 nitrogen and oxygen atoms in total. The third-order valence-electron chi connectivity index (χ3n) is 6.32. The Balaban J connectivity index is 1.86. The SMILES string of the molecule is CC(O)C(NC(=O)C(N)CS)C(=O)NC(Cc1c[nH]c2ccccc12)C(=O)NC(Cc1ccc(O)cc1)C(=O)O. The molecule has 5 atom stereocenters. The first kappa shape index (κ1) is 30.5. The lowest BCUT2D eigenvalue weighted by atomic mass is 10.0. The average Bonchev–Trinajstić information content (AvgIpc) is 3.33. The van der Waals surface area contributed by atoms with Crippen LogP contribution in [0.15, 0.2) is 54.7 Å². The van der Waals surface area contributed by atoms with E-state index in [0.29, 0.717) is 11.1 Å². The summed E-state index contributed by atoms with van der Waals surface area (Å²) >= 11 is 3.97. The number of aliphatic carboxylic acids is 1. The number of amides is 3.